The van der Waals surface area contributed by atoms with Crippen LogP contribution in [-0.4, -0.2) is 38.4 Å². The van der Waals surface area contributed by atoms with Gasteiger partial charge in [0.15, 0.2) is 0 Å². The molecule has 38 heavy (non-hydrogen) atoms. The normalized spacial score (nSPS) is 18.5. The lowest BCUT2D eigenvalue weighted by atomic mass is 10.2. The second-order valence-electron chi connectivity index (χ2n) is 8.54. The zero-order valence-corrected chi connectivity index (χ0v) is 23.1. The standard InChI is InChI=1S/C30H41N3O4S/c1-2-3-4-5-6-7-8-9-10-11-12-13-14-15-16-17-18-19-20-21-27(35)31-26-22-23-33(30(36)32-26)28-25-38-29(24-34)37-28/h3-4,6-7,9-10,12-13,15-16,18-19,22-23,28-29,34H,2,5,8,11,14,17,20-21,24-25H2,1H3,(H,31,32,35,36)/t28-,29+/m0/s1. The third-order valence-corrected chi connectivity index (χ3v) is 6.53. The zero-order valence-electron chi connectivity index (χ0n) is 22.3. The van der Waals surface area contributed by atoms with Gasteiger partial charge in [0.25, 0.3) is 0 Å². The maximum Gasteiger partial charge on any atom is 0.351 e. The molecule has 2 rings (SSSR count). The number of anilines is 1. The number of amides is 1. The zero-order chi connectivity index (χ0) is 27.3. The van der Waals surface area contributed by atoms with Crippen molar-refractivity contribution in [3.05, 3.63) is 95.7 Å². The molecule has 1 aromatic rings. The van der Waals surface area contributed by atoms with Crippen LogP contribution in [0.15, 0.2) is 90.0 Å². The number of ether oxygens (including phenoxy) is 1. The van der Waals surface area contributed by atoms with Crippen LogP contribution in [0.2, 0.25) is 0 Å². The Labute approximate surface area is 230 Å². The predicted molar refractivity (Wildman–Crippen MR) is 158 cm³/mol. The summed E-state index contributed by atoms with van der Waals surface area (Å²) in [7, 11) is 0. The van der Waals surface area contributed by atoms with Crippen molar-refractivity contribution in [2.24, 2.45) is 0 Å². The number of hydrogen-bond acceptors (Lipinski definition) is 6. The van der Waals surface area contributed by atoms with E-state index in [0.717, 1.165) is 38.5 Å². The van der Waals surface area contributed by atoms with E-state index in [0.29, 0.717) is 18.6 Å². The summed E-state index contributed by atoms with van der Waals surface area (Å²) in [6.07, 6.45) is 33.6. The highest BCUT2D eigenvalue weighted by Crippen LogP contribution is 2.30. The van der Waals surface area contributed by atoms with Gasteiger partial charge in [0.05, 0.1) is 6.61 Å². The first-order chi connectivity index (χ1) is 18.6. The largest absolute Gasteiger partial charge is 0.393 e. The molecule has 7 nitrogen and oxygen atoms in total. The minimum absolute atomic E-state index is 0.103. The lowest BCUT2D eigenvalue weighted by Crippen LogP contribution is -2.29. The molecule has 206 valence electrons. The van der Waals surface area contributed by atoms with E-state index >= 15 is 0 Å². The van der Waals surface area contributed by atoms with Gasteiger partial charge >= 0.3 is 5.69 Å². The number of carbonyl (C=O) groups excluding carboxylic acids is 1. The van der Waals surface area contributed by atoms with E-state index in [-0.39, 0.29) is 23.8 Å². The number of aliphatic hydroxyl groups is 1. The Balaban J connectivity index is 1.53. The highest BCUT2D eigenvalue weighted by Gasteiger charge is 2.27. The van der Waals surface area contributed by atoms with Gasteiger partial charge < -0.3 is 15.2 Å². The molecule has 2 atom stereocenters. The smallest absolute Gasteiger partial charge is 0.351 e. The third-order valence-electron chi connectivity index (χ3n) is 5.42. The molecule has 2 N–H and O–H groups in total. The first kappa shape index (κ1) is 31.3. The van der Waals surface area contributed by atoms with Crippen LogP contribution in [0.4, 0.5) is 5.82 Å². The molecule has 1 aliphatic rings. The molecule has 0 spiro atoms. The molecule has 0 radical (unpaired) electrons. The Hall–Kier alpha value is -2.94. The van der Waals surface area contributed by atoms with Gasteiger partial charge in [-0.1, -0.05) is 79.8 Å². The van der Waals surface area contributed by atoms with E-state index in [9.17, 15) is 9.59 Å². The van der Waals surface area contributed by atoms with E-state index in [1.165, 1.54) is 16.3 Å². The number of nitrogens with one attached hydrogen (secondary N) is 1. The Morgan fingerprint density at radius 3 is 2.05 bits per heavy atom. The minimum Gasteiger partial charge on any atom is -0.393 e. The van der Waals surface area contributed by atoms with E-state index < -0.39 is 11.9 Å². The van der Waals surface area contributed by atoms with Crippen LogP contribution in [0.25, 0.3) is 0 Å². The quantitative estimate of drug-likeness (QED) is 0.228. The average molecular weight is 540 g/mol. The van der Waals surface area contributed by atoms with Crippen LogP contribution in [0.1, 0.15) is 64.5 Å². The van der Waals surface area contributed by atoms with Gasteiger partial charge in [0.2, 0.25) is 5.91 Å². The highest BCUT2D eigenvalue weighted by molar-refractivity contribution is 8.00. The van der Waals surface area contributed by atoms with E-state index in [2.05, 4.69) is 78.0 Å². The maximum absolute atomic E-state index is 12.3. The Bertz CT molecular complexity index is 1060. The molecule has 0 unspecified atom stereocenters. The Morgan fingerprint density at radius 1 is 1.00 bits per heavy atom. The minimum atomic E-state index is -0.496. The molecule has 0 aromatic carbocycles. The van der Waals surface area contributed by atoms with Crippen molar-refractivity contribution < 1.29 is 14.6 Å². The fourth-order valence-corrected chi connectivity index (χ4v) is 4.38. The van der Waals surface area contributed by atoms with Crippen molar-refractivity contribution in [2.75, 3.05) is 17.7 Å². The molecule has 1 aromatic heterocycles. The highest BCUT2D eigenvalue weighted by atomic mass is 32.2. The summed E-state index contributed by atoms with van der Waals surface area (Å²) in [5, 5.41) is 11.8. The van der Waals surface area contributed by atoms with E-state index in [1.54, 1.807) is 12.3 Å². The topological polar surface area (TPSA) is 93.5 Å². The summed E-state index contributed by atoms with van der Waals surface area (Å²) < 4.78 is 6.94. The van der Waals surface area contributed by atoms with Crippen LogP contribution < -0.4 is 11.0 Å². The summed E-state index contributed by atoms with van der Waals surface area (Å²) in [4.78, 5) is 28.3. The molecule has 0 aliphatic carbocycles. The van der Waals surface area contributed by atoms with Crippen LogP contribution in [-0.2, 0) is 9.53 Å². The van der Waals surface area contributed by atoms with Gasteiger partial charge in [-0.25, -0.2) is 4.79 Å². The van der Waals surface area contributed by atoms with E-state index in [1.807, 2.05) is 12.2 Å². The molecule has 1 amide bonds. The van der Waals surface area contributed by atoms with Crippen LogP contribution in [0.5, 0.6) is 0 Å². The van der Waals surface area contributed by atoms with Crippen molar-refractivity contribution in [2.45, 2.75) is 70.0 Å². The second kappa shape index (κ2) is 20.1. The predicted octanol–water partition coefficient (Wildman–Crippen LogP) is 6.24. The fraction of sp³-hybridized carbons (Fsp3) is 0.433. The van der Waals surface area contributed by atoms with Crippen molar-refractivity contribution in [3.63, 3.8) is 0 Å². The first-order valence-corrected chi connectivity index (χ1v) is 14.4. The lowest BCUT2D eigenvalue weighted by Gasteiger charge is -2.14. The fourth-order valence-electron chi connectivity index (χ4n) is 3.45. The molecular formula is C30H41N3O4S. The van der Waals surface area contributed by atoms with Gasteiger partial charge in [-0.3, -0.25) is 9.36 Å². The maximum atomic E-state index is 12.3. The summed E-state index contributed by atoms with van der Waals surface area (Å²) in [5.74, 6) is 0.593. The van der Waals surface area contributed by atoms with Crippen molar-refractivity contribution in [1.82, 2.24) is 9.55 Å². The van der Waals surface area contributed by atoms with Crippen molar-refractivity contribution in [3.8, 4) is 0 Å². The van der Waals surface area contributed by atoms with Gasteiger partial charge in [-0.2, -0.15) is 4.98 Å². The van der Waals surface area contributed by atoms with Gasteiger partial charge in [-0.15, -0.1) is 11.8 Å². The molecule has 0 bridgehead atoms. The summed E-state index contributed by atoms with van der Waals surface area (Å²) in [6, 6.07) is 1.58. The van der Waals surface area contributed by atoms with Crippen LogP contribution in [0.3, 0.4) is 0 Å². The summed E-state index contributed by atoms with van der Waals surface area (Å²) in [5.41, 5.74) is -0.829. The van der Waals surface area contributed by atoms with Crippen molar-refractivity contribution >= 4 is 23.5 Å². The molecule has 1 aliphatic heterocycles. The number of carbonyl (C=O) groups is 1. The molecule has 2 heterocycles. The van der Waals surface area contributed by atoms with Gasteiger partial charge in [0.1, 0.15) is 17.5 Å². The van der Waals surface area contributed by atoms with Gasteiger partial charge in [-0.05, 0) is 51.0 Å². The van der Waals surface area contributed by atoms with Crippen LogP contribution >= 0.6 is 11.8 Å². The number of aromatic nitrogens is 2. The molecular weight excluding hydrogens is 498 g/mol. The van der Waals surface area contributed by atoms with Gasteiger partial charge in [0, 0.05) is 18.4 Å². The number of rotatable bonds is 17. The molecule has 1 fully saturated rings. The third kappa shape index (κ3) is 13.6. The average Bonchev–Trinajstić information content (AvgIpc) is 3.39. The number of allylic oxidation sites excluding steroid dienone is 12. The number of aliphatic hydroxyl groups excluding tert-OH is 1. The van der Waals surface area contributed by atoms with E-state index in [4.69, 9.17) is 9.84 Å². The number of thioether (sulfide) groups is 1. The number of nitrogens with zero attached hydrogens (tertiary/aromatic N) is 2. The molecule has 8 heteroatoms. The second-order valence-corrected chi connectivity index (χ2v) is 9.73. The van der Waals surface area contributed by atoms with Crippen molar-refractivity contribution in [1.29, 1.82) is 0 Å². The first-order valence-electron chi connectivity index (χ1n) is 13.3. The molecule has 1 saturated heterocycles. The summed E-state index contributed by atoms with van der Waals surface area (Å²) in [6.45, 7) is 2.04. The Morgan fingerprint density at radius 2 is 1.55 bits per heavy atom. The monoisotopic (exact) mass is 539 g/mol. The van der Waals surface area contributed by atoms with Crippen LogP contribution in [0, 0.1) is 0 Å². The number of hydrogen-bond donors (Lipinski definition) is 2. The Kier molecular flexibility index (Phi) is 16.5. The molecule has 0 saturated carbocycles. The SMILES string of the molecule is CCC=CCC=CCC=CCC=CCC=CCC=CCCC(=O)Nc1ccn([C@@H]2CS[C@H](CO)O2)c(=O)n1. The lowest BCUT2D eigenvalue weighted by molar-refractivity contribution is -0.116. The summed E-state index contributed by atoms with van der Waals surface area (Å²) >= 11 is 1.45.